The van der Waals surface area contributed by atoms with Crippen molar-refractivity contribution in [3.8, 4) is 11.5 Å². The molecule has 0 saturated carbocycles. The van der Waals surface area contributed by atoms with Crippen LogP contribution in [0.1, 0.15) is 11.1 Å². The summed E-state index contributed by atoms with van der Waals surface area (Å²) < 4.78 is 10.5. The van der Waals surface area contributed by atoms with Gasteiger partial charge in [-0.3, -0.25) is 14.5 Å². The summed E-state index contributed by atoms with van der Waals surface area (Å²) in [5, 5.41) is 3.33. The van der Waals surface area contributed by atoms with Gasteiger partial charge >= 0.3 is 0 Å². The van der Waals surface area contributed by atoms with Crippen molar-refractivity contribution in [3.05, 3.63) is 89.6 Å². The molecule has 3 aromatic carbocycles. The summed E-state index contributed by atoms with van der Waals surface area (Å²) in [6.45, 7) is 1.93. The van der Waals surface area contributed by atoms with Crippen LogP contribution in [0, 0.1) is 6.92 Å². The van der Waals surface area contributed by atoms with E-state index in [1.807, 2.05) is 55.5 Å². The fraction of sp³-hybridized carbons (Fsp3) is 0.148. The van der Waals surface area contributed by atoms with Gasteiger partial charge < -0.3 is 14.8 Å². The minimum absolute atomic E-state index is 0.0940. The summed E-state index contributed by atoms with van der Waals surface area (Å²) in [5.41, 5.74) is 3.43. The van der Waals surface area contributed by atoms with Crippen LogP contribution in [0.3, 0.4) is 0 Å². The lowest BCUT2D eigenvalue weighted by molar-refractivity contribution is -0.114. The Bertz CT molecular complexity index is 1300. The van der Waals surface area contributed by atoms with Crippen LogP contribution in [0.5, 0.6) is 11.5 Å². The topological polar surface area (TPSA) is 80.2 Å². The SMILES string of the molecule is COc1ccc(/C=C2\N=C(SCC(=O)Nc3ccccc3C)N(c3cccc(OC)c3)C2=O)cc1. The Morgan fingerprint density at radius 3 is 2.46 bits per heavy atom. The lowest BCUT2D eigenvalue weighted by atomic mass is 10.2. The molecule has 0 fully saturated rings. The number of amides is 2. The van der Waals surface area contributed by atoms with Gasteiger partial charge in [-0.1, -0.05) is 48.2 Å². The Morgan fingerprint density at radius 1 is 1.00 bits per heavy atom. The minimum atomic E-state index is -0.282. The fourth-order valence-corrected chi connectivity index (χ4v) is 4.27. The van der Waals surface area contributed by atoms with E-state index in [4.69, 9.17) is 9.47 Å². The summed E-state index contributed by atoms with van der Waals surface area (Å²) in [7, 11) is 3.17. The molecule has 178 valence electrons. The second kappa shape index (κ2) is 10.9. The van der Waals surface area contributed by atoms with Gasteiger partial charge in [0.1, 0.15) is 17.2 Å². The second-order valence-corrected chi connectivity index (χ2v) is 8.63. The molecule has 3 aromatic rings. The zero-order chi connectivity index (χ0) is 24.8. The Kier molecular flexibility index (Phi) is 7.52. The van der Waals surface area contributed by atoms with Gasteiger partial charge in [0, 0.05) is 11.8 Å². The number of amidine groups is 1. The summed E-state index contributed by atoms with van der Waals surface area (Å²) in [6.07, 6.45) is 1.72. The number of carbonyl (C=O) groups excluding carboxylic acids is 2. The molecule has 0 bridgehead atoms. The lowest BCUT2D eigenvalue weighted by Gasteiger charge is -2.18. The fourth-order valence-electron chi connectivity index (χ4n) is 3.46. The molecule has 1 heterocycles. The number of anilines is 2. The lowest BCUT2D eigenvalue weighted by Crippen LogP contribution is -2.31. The molecule has 0 radical (unpaired) electrons. The van der Waals surface area contributed by atoms with Crippen molar-refractivity contribution in [1.82, 2.24) is 0 Å². The third kappa shape index (κ3) is 5.73. The van der Waals surface area contributed by atoms with E-state index >= 15 is 0 Å². The number of methoxy groups -OCH3 is 2. The quantitative estimate of drug-likeness (QED) is 0.468. The standard InChI is InChI=1S/C27H25N3O4S/c1-18-7-4-5-10-23(18)28-25(31)17-35-27-29-24(15-19-11-13-21(33-2)14-12-19)26(32)30(27)20-8-6-9-22(16-20)34-3/h4-16H,17H2,1-3H3,(H,28,31)/b24-15-. The number of ether oxygens (including phenoxy) is 2. The molecule has 0 aromatic heterocycles. The van der Waals surface area contributed by atoms with Crippen molar-refractivity contribution < 1.29 is 19.1 Å². The van der Waals surface area contributed by atoms with Gasteiger partial charge in [-0.15, -0.1) is 0 Å². The van der Waals surface area contributed by atoms with Gasteiger partial charge in [-0.2, -0.15) is 0 Å². The number of thioether (sulfide) groups is 1. The average molecular weight is 488 g/mol. The van der Waals surface area contributed by atoms with Crippen LogP contribution >= 0.6 is 11.8 Å². The van der Waals surface area contributed by atoms with Crippen LogP contribution in [0.4, 0.5) is 11.4 Å². The first-order valence-corrected chi connectivity index (χ1v) is 11.9. The molecule has 0 unspecified atom stereocenters. The van der Waals surface area contributed by atoms with E-state index in [0.717, 1.165) is 22.6 Å². The molecule has 4 rings (SSSR count). The van der Waals surface area contributed by atoms with Crippen molar-refractivity contribution >= 4 is 46.2 Å². The predicted octanol–water partition coefficient (Wildman–Crippen LogP) is 5.13. The molecule has 1 N–H and O–H groups in total. The Balaban J connectivity index is 1.59. The first-order chi connectivity index (χ1) is 17.0. The van der Waals surface area contributed by atoms with E-state index in [1.54, 1.807) is 44.6 Å². The van der Waals surface area contributed by atoms with Crippen LogP contribution in [0.25, 0.3) is 6.08 Å². The van der Waals surface area contributed by atoms with Gasteiger partial charge in [0.15, 0.2) is 5.17 Å². The zero-order valence-corrected chi connectivity index (χ0v) is 20.5. The van der Waals surface area contributed by atoms with Crippen LogP contribution < -0.4 is 19.7 Å². The van der Waals surface area contributed by atoms with Crippen molar-refractivity contribution in [1.29, 1.82) is 0 Å². The summed E-state index contributed by atoms with van der Waals surface area (Å²) in [5.74, 6) is 0.969. The number of hydrogen-bond donors (Lipinski definition) is 1. The first-order valence-electron chi connectivity index (χ1n) is 10.9. The Morgan fingerprint density at radius 2 is 1.74 bits per heavy atom. The Hall–Kier alpha value is -4.04. The summed E-state index contributed by atoms with van der Waals surface area (Å²) in [6, 6.07) is 22.1. The summed E-state index contributed by atoms with van der Waals surface area (Å²) in [4.78, 5) is 32.1. The maximum absolute atomic E-state index is 13.4. The van der Waals surface area contributed by atoms with Crippen LogP contribution in [0.15, 0.2) is 83.5 Å². The molecule has 0 atom stereocenters. The van der Waals surface area contributed by atoms with Gasteiger partial charge in [0.05, 0.1) is 25.7 Å². The van der Waals surface area contributed by atoms with Crippen LogP contribution in [0.2, 0.25) is 0 Å². The number of hydrogen-bond acceptors (Lipinski definition) is 6. The second-order valence-electron chi connectivity index (χ2n) is 7.69. The highest BCUT2D eigenvalue weighted by atomic mass is 32.2. The highest BCUT2D eigenvalue weighted by Crippen LogP contribution is 2.31. The average Bonchev–Trinajstić information content (AvgIpc) is 3.19. The number of carbonyl (C=O) groups is 2. The number of aryl methyl sites for hydroxylation is 1. The summed E-state index contributed by atoms with van der Waals surface area (Å²) >= 11 is 1.20. The molecule has 0 spiro atoms. The first kappa shape index (κ1) is 24.1. The molecule has 0 saturated heterocycles. The molecular weight excluding hydrogens is 462 g/mol. The number of nitrogens with one attached hydrogen (secondary N) is 1. The molecular formula is C27H25N3O4S. The number of para-hydroxylation sites is 1. The van der Waals surface area contributed by atoms with Gasteiger partial charge in [0.2, 0.25) is 5.91 Å². The molecule has 1 aliphatic rings. The van der Waals surface area contributed by atoms with E-state index in [-0.39, 0.29) is 23.3 Å². The highest BCUT2D eigenvalue weighted by Gasteiger charge is 2.32. The van der Waals surface area contributed by atoms with Crippen LogP contribution in [-0.4, -0.2) is 37.0 Å². The zero-order valence-electron chi connectivity index (χ0n) is 19.6. The Labute approximate surface area is 208 Å². The van der Waals surface area contributed by atoms with E-state index in [9.17, 15) is 9.59 Å². The van der Waals surface area contributed by atoms with Crippen molar-refractivity contribution in [2.45, 2.75) is 6.92 Å². The molecule has 1 aliphatic heterocycles. The van der Waals surface area contributed by atoms with E-state index in [2.05, 4.69) is 10.3 Å². The predicted molar refractivity (Wildman–Crippen MR) is 141 cm³/mol. The number of benzene rings is 3. The molecule has 8 heteroatoms. The van der Waals surface area contributed by atoms with Gasteiger partial charge in [-0.05, 0) is 54.5 Å². The van der Waals surface area contributed by atoms with Crippen molar-refractivity contribution in [2.24, 2.45) is 4.99 Å². The van der Waals surface area contributed by atoms with E-state index in [1.165, 1.54) is 16.7 Å². The third-order valence-electron chi connectivity index (χ3n) is 5.31. The van der Waals surface area contributed by atoms with Gasteiger partial charge in [-0.25, -0.2) is 4.99 Å². The molecule has 0 aliphatic carbocycles. The maximum Gasteiger partial charge on any atom is 0.283 e. The number of rotatable bonds is 7. The third-order valence-corrected chi connectivity index (χ3v) is 6.25. The minimum Gasteiger partial charge on any atom is -0.497 e. The maximum atomic E-state index is 13.4. The molecule has 7 nitrogen and oxygen atoms in total. The van der Waals surface area contributed by atoms with E-state index in [0.29, 0.717) is 16.6 Å². The highest BCUT2D eigenvalue weighted by molar-refractivity contribution is 8.14. The van der Waals surface area contributed by atoms with Crippen LogP contribution in [-0.2, 0) is 9.59 Å². The van der Waals surface area contributed by atoms with Crippen molar-refractivity contribution in [3.63, 3.8) is 0 Å². The number of nitrogens with zero attached hydrogens (tertiary/aromatic N) is 2. The number of aliphatic imine (C=N–C) groups is 1. The van der Waals surface area contributed by atoms with Crippen molar-refractivity contribution in [2.75, 3.05) is 30.2 Å². The monoisotopic (exact) mass is 487 g/mol. The normalized spacial score (nSPS) is 14.1. The van der Waals surface area contributed by atoms with E-state index < -0.39 is 0 Å². The molecule has 2 amide bonds. The smallest absolute Gasteiger partial charge is 0.283 e. The molecule has 35 heavy (non-hydrogen) atoms. The van der Waals surface area contributed by atoms with Gasteiger partial charge in [0.25, 0.3) is 5.91 Å². The largest absolute Gasteiger partial charge is 0.497 e.